The molecule has 0 radical (unpaired) electrons. The van der Waals surface area contributed by atoms with Crippen LogP contribution in [0.3, 0.4) is 0 Å². The van der Waals surface area contributed by atoms with Crippen LogP contribution >= 0.6 is 0 Å². The topological polar surface area (TPSA) is 3.24 Å². The molecule has 1 aliphatic heterocycles. The number of rotatable bonds is 3. The van der Waals surface area contributed by atoms with Crippen molar-refractivity contribution >= 4 is 0 Å². The third kappa shape index (κ3) is 3.59. The Kier molecular flexibility index (Phi) is 4.61. The van der Waals surface area contributed by atoms with Crippen LogP contribution in [0.5, 0.6) is 0 Å². The highest BCUT2D eigenvalue weighted by Crippen LogP contribution is 2.28. The molecule has 0 amide bonds. The second kappa shape index (κ2) is 6.81. The molecule has 1 aliphatic rings. The smallest absolute Gasteiger partial charge is 0.0242 e. The summed E-state index contributed by atoms with van der Waals surface area (Å²) in [7, 11) is 0. The molecule has 2 aromatic carbocycles. The lowest BCUT2D eigenvalue weighted by molar-refractivity contribution is 0.200. The molecule has 0 aromatic heterocycles. The minimum absolute atomic E-state index is 0.666. The molecule has 1 unspecified atom stereocenters. The lowest BCUT2D eigenvalue weighted by Crippen LogP contribution is -2.33. The van der Waals surface area contributed by atoms with E-state index in [1.54, 1.807) is 0 Å². The van der Waals surface area contributed by atoms with Gasteiger partial charge >= 0.3 is 0 Å². The Bertz CT molecular complexity index is 646. The Labute approximate surface area is 134 Å². The summed E-state index contributed by atoms with van der Waals surface area (Å²) in [6.45, 7) is 5.52. The first kappa shape index (κ1) is 14.9. The minimum Gasteiger partial charge on any atom is -0.298 e. The maximum Gasteiger partial charge on any atom is 0.0242 e. The van der Waals surface area contributed by atoms with Gasteiger partial charge in [-0.1, -0.05) is 47.9 Å². The maximum atomic E-state index is 5.42. The predicted molar refractivity (Wildman–Crippen MR) is 92.8 cm³/mol. The molecule has 1 nitrogen and oxygen atoms in total. The zero-order chi connectivity index (χ0) is 15.4. The Balaban J connectivity index is 1.65. The monoisotopic (exact) mass is 289 g/mol. The second-order valence-electron chi connectivity index (χ2n) is 6.33. The average molecular weight is 289 g/mol. The fourth-order valence-electron chi connectivity index (χ4n) is 3.27. The summed E-state index contributed by atoms with van der Waals surface area (Å²) in [6.07, 6.45) is 8.00. The molecule has 0 saturated carbocycles. The summed E-state index contributed by atoms with van der Waals surface area (Å²) in [6, 6.07) is 17.4. The lowest BCUT2D eigenvalue weighted by atomic mass is 9.90. The molecule has 0 N–H and O–H groups in total. The van der Waals surface area contributed by atoms with Crippen LogP contribution < -0.4 is 0 Å². The number of hydrogen-bond acceptors (Lipinski definition) is 1. The van der Waals surface area contributed by atoms with Crippen LogP contribution in [0.25, 0.3) is 0 Å². The van der Waals surface area contributed by atoms with Crippen molar-refractivity contribution in [3.05, 3.63) is 70.8 Å². The minimum atomic E-state index is 0.666. The fraction of sp³-hybridized carbons (Fsp3) is 0.333. The van der Waals surface area contributed by atoms with Gasteiger partial charge in [0, 0.05) is 18.7 Å². The van der Waals surface area contributed by atoms with Gasteiger partial charge in [-0.05, 0) is 55.5 Å². The van der Waals surface area contributed by atoms with E-state index in [2.05, 4.69) is 54.1 Å². The van der Waals surface area contributed by atoms with Crippen LogP contribution in [0.1, 0.15) is 41.0 Å². The molecule has 0 spiro atoms. The molecular weight excluding hydrogens is 266 g/mol. The van der Waals surface area contributed by atoms with Gasteiger partial charge in [0.1, 0.15) is 0 Å². The van der Waals surface area contributed by atoms with Crippen molar-refractivity contribution in [1.82, 2.24) is 4.90 Å². The van der Waals surface area contributed by atoms with Crippen molar-refractivity contribution in [2.24, 2.45) is 0 Å². The summed E-state index contributed by atoms with van der Waals surface area (Å²) in [5.74, 6) is 3.34. The molecule has 3 rings (SSSR count). The van der Waals surface area contributed by atoms with Crippen molar-refractivity contribution in [1.29, 1.82) is 0 Å². The normalized spacial score (nSPS) is 18.8. The quantitative estimate of drug-likeness (QED) is 0.759. The summed E-state index contributed by atoms with van der Waals surface area (Å²) >= 11 is 0. The highest BCUT2D eigenvalue weighted by atomic mass is 15.1. The van der Waals surface area contributed by atoms with Gasteiger partial charge in [0.05, 0.1) is 0 Å². The molecule has 1 saturated heterocycles. The Hall–Kier alpha value is -2.04. The zero-order valence-corrected chi connectivity index (χ0v) is 13.3. The van der Waals surface area contributed by atoms with Crippen LogP contribution in [-0.2, 0) is 6.54 Å². The molecule has 1 heteroatoms. The van der Waals surface area contributed by atoms with Gasteiger partial charge < -0.3 is 0 Å². The van der Waals surface area contributed by atoms with Crippen LogP contribution in [0, 0.1) is 19.3 Å². The van der Waals surface area contributed by atoms with Gasteiger partial charge in [-0.25, -0.2) is 0 Å². The summed E-state index contributed by atoms with van der Waals surface area (Å²) in [4.78, 5) is 2.57. The third-order valence-corrected chi connectivity index (χ3v) is 4.58. The SMILES string of the molecule is C#Cc1ccc(CN2CCCC(c3ccc(C)cc3)C2)cc1. The molecule has 1 heterocycles. The predicted octanol–water partition coefficient (Wildman–Crippen LogP) is 4.36. The number of hydrogen-bond donors (Lipinski definition) is 0. The molecule has 22 heavy (non-hydrogen) atoms. The first-order valence-electron chi connectivity index (χ1n) is 8.09. The van der Waals surface area contributed by atoms with E-state index >= 15 is 0 Å². The van der Waals surface area contributed by atoms with Crippen molar-refractivity contribution in [3.63, 3.8) is 0 Å². The zero-order valence-electron chi connectivity index (χ0n) is 13.3. The Morgan fingerprint density at radius 1 is 1.09 bits per heavy atom. The van der Waals surface area contributed by atoms with Crippen LogP contribution in [0.15, 0.2) is 48.5 Å². The van der Waals surface area contributed by atoms with E-state index in [1.165, 1.54) is 36.1 Å². The highest BCUT2D eigenvalue weighted by Gasteiger charge is 2.21. The summed E-state index contributed by atoms with van der Waals surface area (Å²) < 4.78 is 0. The molecule has 0 aliphatic carbocycles. The fourth-order valence-corrected chi connectivity index (χ4v) is 3.27. The van der Waals surface area contributed by atoms with Gasteiger partial charge in [-0.15, -0.1) is 6.42 Å². The molecule has 1 atom stereocenters. The van der Waals surface area contributed by atoms with E-state index in [4.69, 9.17) is 6.42 Å². The molecular formula is C21H23N. The maximum absolute atomic E-state index is 5.42. The largest absolute Gasteiger partial charge is 0.298 e. The standard InChI is InChI=1S/C21H23N/c1-3-18-8-10-19(11-9-18)15-22-14-4-5-21(16-22)20-12-6-17(2)7-13-20/h1,6-13,21H,4-5,14-16H2,2H3. The number of aryl methyl sites for hydroxylation is 1. The van der Waals surface area contributed by atoms with Gasteiger partial charge in [0.15, 0.2) is 0 Å². The number of piperidine rings is 1. The van der Waals surface area contributed by atoms with Crippen LogP contribution in [-0.4, -0.2) is 18.0 Å². The first-order chi connectivity index (χ1) is 10.7. The van der Waals surface area contributed by atoms with Crippen molar-refractivity contribution in [2.75, 3.05) is 13.1 Å². The lowest BCUT2D eigenvalue weighted by Gasteiger charge is -2.33. The van der Waals surface area contributed by atoms with E-state index in [1.807, 2.05) is 12.1 Å². The van der Waals surface area contributed by atoms with Crippen molar-refractivity contribution < 1.29 is 0 Å². The second-order valence-corrected chi connectivity index (χ2v) is 6.33. The van der Waals surface area contributed by atoms with Gasteiger partial charge in [-0.3, -0.25) is 4.90 Å². The third-order valence-electron chi connectivity index (χ3n) is 4.58. The van der Waals surface area contributed by atoms with Crippen LogP contribution in [0.4, 0.5) is 0 Å². The first-order valence-corrected chi connectivity index (χ1v) is 8.09. The van der Waals surface area contributed by atoms with E-state index in [0.29, 0.717) is 5.92 Å². The van der Waals surface area contributed by atoms with E-state index < -0.39 is 0 Å². The molecule has 112 valence electrons. The number of likely N-dealkylation sites (tertiary alicyclic amines) is 1. The highest BCUT2D eigenvalue weighted by molar-refractivity contribution is 5.34. The van der Waals surface area contributed by atoms with E-state index in [-0.39, 0.29) is 0 Å². The van der Waals surface area contributed by atoms with E-state index in [9.17, 15) is 0 Å². The van der Waals surface area contributed by atoms with Crippen LogP contribution in [0.2, 0.25) is 0 Å². The molecule has 0 bridgehead atoms. The number of terminal acetylenes is 1. The Morgan fingerprint density at radius 3 is 2.50 bits per heavy atom. The Morgan fingerprint density at radius 2 is 1.82 bits per heavy atom. The van der Waals surface area contributed by atoms with Gasteiger partial charge in [-0.2, -0.15) is 0 Å². The van der Waals surface area contributed by atoms with Gasteiger partial charge in [0.2, 0.25) is 0 Å². The van der Waals surface area contributed by atoms with Crippen molar-refractivity contribution in [3.8, 4) is 12.3 Å². The summed E-state index contributed by atoms with van der Waals surface area (Å²) in [5, 5.41) is 0. The molecule has 2 aromatic rings. The van der Waals surface area contributed by atoms with E-state index in [0.717, 1.165) is 18.7 Å². The van der Waals surface area contributed by atoms with Crippen molar-refractivity contribution in [2.45, 2.75) is 32.2 Å². The number of nitrogens with zero attached hydrogens (tertiary/aromatic N) is 1. The average Bonchev–Trinajstić information content (AvgIpc) is 2.56. The van der Waals surface area contributed by atoms with Gasteiger partial charge in [0.25, 0.3) is 0 Å². The molecule has 1 fully saturated rings. The summed E-state index contributed by atoms with van der Waals surface area (Å²) in [5.41, 5.74) is 5.13. The number of benzene rings is 2.